The molecule has 0 unspecified atom stereocenters. The highest BCUT2D eigenvalue weighted by Gasteiger charge is 2.22. The number of aromatic hydroxyl groups is 1. The molecule has 0 fully saturated rings. The predicted molar refractivity (Wildman–Crippen MR) is 123 cm³/mol. The Hall–Kier alpha value is -4.07. The second kappa shape index (κ2) is 6.98. The Kier molecular flexibility index (Phi) is 4.33. The van der Waals surface area contributed by atoms with Crippen molar-refractivity contribution < 1.29 is 5.11 Å². The molecule has 1 N–H and O–H groups in total. The number of phenols is 1. The lowest BCUT2D eigenvalue weighted by Gasteiger charge is -2.11. The quantitative estimate of drug-likeness (QED) is 0.478. The fourth-order valence-electron chi connectivity index (χ4n) is 4.24. The molecule has 0 aliphatic rings. The highest BCUT2D eigenvalue weighted by molar-refractivity contribution is 5.76. The second-order valence-electron chi connectivity index (χ2n) is 8.21. The first-order chi connectivity index (χ1) is 15.3. The number of imidazole rings is 2. The number of nitrogens with zero attached hydrogens (tertiary/aromatic N) is 5. The summed E-state index contributed by atoms with van der Waals surface area (Å²) < 4.78 is 6.12. The number of aryl methyl sites for hydroxylation is 4. The third kappa shape index (κ3) is 2.80. The molecule has 0 atom stereocenters. The van der Waals surface area contributed by atoms with Crippen molar-refractivity contribution in [2.45, 2.75) is 27.3 Å². The first-order valence-electron chi connectivity index (χ1n) is 10.3. The number of aromatic nitrogens is 5. The molecule has 0 aliphatic heterocycles. The van der Waals surface area contributed by atoms with E-state index in [9.17, 15) is 14.7 Å². The van der Waals surface area contributed by atoms with Crippen LogP contribution in [0.15, 0.2) is 58.3 Å². The summed E-state index contributed by atoms with van der Waals surface area (Å²) >= 11 is 0. The summed E-state index contributed by atoms with van der Waals surface area (Å²) in [4.78, 5) is 31.3. The van der Waals surface area contributed by atoms with Gasteiger partial charge in [0.15, 0.2) is 11.2 Å². The normalized spacial score (nSPS) is 11.6. The zero-order valence-corrected chi connectivity index (χ0v) is 18.3. The fraction of sp³-hybridized carbons (Fsp3) is 0.208. The van der Waals surface area contributed by atoms with Gasteiger partial charge in [0.25, 0.3) is 5.56 Å². The van der Waals surface area contributed by atoms with E-state index in [1.54, 1.807) is 40.4 Å². The van der Waals surface area contributed by atoms with Crippen molar-refractivity contribution in [3.05, 3.63) is 91.9 Å². The minimum Gasteiger partial charge on any atom is -0.506 e. The Balaban J connectivity index is 1.82. The maximum Gasteiger partial charge on any atom is 0.332 e. The van der Waals surface area contributed by atoms with Crippen molar-refractivity contribution >= 4 is 16.9 Å². The molecule has 8 heteroatoms. The molecule has 32 heavy (non-hydrogen) atoms. The Morgan fingerprint density at radius 3 is 2.53 bits per heavy atom. The smallest absolute Gasteiger partial charge is 0.332 e. The minimum atomic E-state index is -0.421. The maximum atomic E-state index is 13.5. The van der Waals surface area contributed by atoms with Crippen molar-refractivity contribution in [3.63, 3.8) is 0 Å². The summed E-state index contributed by atoms with van der Waals surface area (Å²) in [5.41, 5.74) is 4.17. The molecule has 162 valence electrons. The number of fused-ring (bicyclic) bond motifs is 3. The second-order valence-corrected chi connectivity index (χ2v) is 8.21. The first-order valence-corrected chi connectivity index (χ1v) is 10.3. The van der Waals surface area contributed by atoms with E-state index >= 15 is 0 Å². The van der Waals surface area contributed by atoms with Crippen LogP contribution in [0.5, 0.6) is 5.75 Å². The van der Waals surface area contributed by atoms with Gasteiger partial charge in [-0.25, -0.2) is 4.79 Å². The van der Waals surface area contributed by atoms with Crippen LogP contribution >= 0.6 is 0 Å². The standard InChI is InChI=1S/C24H23N5O3/c1-14-9-10-15(2)17(11-14)13-28-22(31)20-21(26(4)24(28)32)25-23-27(20)12-16(3)29(23)18-7-5-6-8-19(18)30/h5-12,30H,13H2,1-4H3. The van der Waals surface area contributed by atoms with Crippen molar-refractivity contribution in [2.24, 2.45) is 7.05 Å². The summed E-state index contributed by atoms with van der Waals surface area (Å²) in [6.07, 6.45) is 1.80. The van der Waals surface area contributed by atoms with Gasteiger partial charge in [-0.2, -0.15) is 4.98 Å². The number of phenolic OH excluding ortho intramolecular Hbond substituents is 1. The predicted octanol–water partition coefficient (Wildman–Crippen LogP) is 2.82. The third-order valence-corrected chi connectivity index (χ3v) is 5.98. The van der Waals surface area contributed by atoms with Crippen molar-refractivity contribution in [1.29, 1.82) is 0 Å². The summed E-state index contributed by atoms with van der Waals surface area (Å²) in [7, 11) is 1.62. The minimum absolute atomic E-state index is 0.0991. The zero-order valence-electron chi connectivity index (χ0n) is 18.3. The van der Waals surface area contributed by atoms with Gasteiger partial charge in [0, 0.05) is 18.9 Å². The van der Waals surface area contributed by atoms with Crippen molar-refractivity contribution in [2.75, 3.05) is 0 Å². The largest absolute Gasteiger partial charge is 0.506 e. The van der Waals surface area contributed by atoms with Crippen LogP contribution in [0.4, 0.5) is 0 Å². The molecule has 0 bridgehead atoms. The summed E-state index contributed by atoms with van der Waals surface area (Å²) in [6, 6.07) is 12.9. The van der Waals surface area contributed by atoms with Gasteiger partial charge in [-0.15, -0.1) is 0 Å². The summed E-state index contributed by atoms with van der Waals surface area (Å²) in [6.45, 7) is 6.01. The van der Waals surface area contributed by atoms with Crippen LogP contribution in [0.3, 0.4) is 0 Å². The SMILES string of the molecule is Cc1ccc(C)c(Cn2c(=O)c3c(nc4n(-c5ccccc5O)c(C)cn34)n(C)c2=O)c1. The highest BCUT2D eigenvalue weighted by Crippen LogP contribution is 2.26. The molecule has 8 nitrogen and oxygen atoms in total. The van der Waals surface area contributed by atoms with E-state index in [-0.39, 0.29) is 12.3 Å². The number of hydrogen-bond donors (Lipinski definition) is 1. The number of rotatable bonds is 3. The number of hydrogen-bond acceptors (Lipinski definition) is 4. The van der Waals surface area contributed by atoms with Gasteiger partial charge in [-0.05, 0) is 44.0 Å². The zero-order chi connectivity index (χ0) is 22.7. The Bertz CT molecular complexity index is 1650. The lowest BCUT2D eigenvalue weighted by Crippen LogP contribution is -2.39. The van der Waals surface area contributed by atoms with Crippen LogP contribution in [-0.2, 0) is 13.6 Å². The highest BCUT2D eigenvalue weighted by atomic mass is 16.3. The third-order valence-electron chi connectivity index (χ3n) is 5.98. The molecule has 0 amide bonds. The molecule has 0 saturated carbocycles. The Labute approximate surface area is 183 Å². The molecule has 3 aromatic heterocycles. The van der Waals surface area contributed by atoms with E-state index < -0.39 is 11.2 Å². The Morgan fingerprint density at radius 2 is 1.78 bits per heavy atom. The van der Waals surface area contributed by atoms with Gasteiger partial charge >= 0.3 is 5.69 Å². The molecular formula is C24H23N5O3. The molecule has 0 spiro atoms. The van der Waals surface area contributed by atoms with Gasteiger partial charge in [0.2, 0.25) is 5.78 Å². The van der Waals surface area contributed by atoms with Gasteiger partial charge in [0.1, 0.15) is 5.75 Å². The molecule has 0 saturated heterocycles. The number of benzene rings is 2. The lowest BCUT2D eigenvalue weighted by molar-refractivity contribution is 0.472. The summed E-state index contributed by atoms with van der Waals surface area (Å²) in [5.74, 6) is 0.553. The van der Waals surface area contributed by atoms with E-state index in [0.29, 0.717) is 22.6 Å². The van der Waals surface area contributed by atoms with E-state index in [1.807, 2.05) is 45.0 Å². The molecule has 3 heterocycles. The maximum absolute atomic E-state index is 13.5. The van der Waals surface area contributed by atoms with Crippen LogP contribution in [-0.4, -0.2) is 28.2 Å². The van der Waals surface area contributed by atoms with Crippen LogP contribution < -0.4 is 11.2 Å². The van der Waals surface area contributed by atoms with Crippen molar-refractivity contribution in [3.8, 4) is 11.4 Å². The van der Waals surface area contributed by atoms with Crippen molar-refractivity contribution in [1.82, 2.24) is 23.1 Å². The van der Waals surface area contributed by atoms with E-state index in [2.05, 4.69) is 4.98 Å². The van der Waals surface area contributed by atoms with Crippen LogP contribution in [0, 0.1) is 20.8 Å². The molecular weight excluding hydrogens is 406 g/mol. The van der Waals surface area contributed by atoms with Gasteiger partial charge < -0.3 is 5.11 Å². The van der Waals surface area contributed by atoms with Crippen LogP contribution in [0.25, 0.3) is 22.6 Å². The van der Waals surface area contributed by atoms with E-state index in [1.165, 1.54) is 9.13 Å². The lowest BCUT2D eigenvalue weighted by atomic mass is 10.1. The first kappa shape index (κ1) is 19.9. The van der Waals surface area contributed by atoms with Crippen LogP contribution in [0.1, 0.15) is 22.4 Å². The Morgan fingerprint density at radius 1 is 1.03 bits per heavy atom. The average molecular weight is 429 g/mol. The number of para-hydroxylation sites is 2. The summed E-state index contributed by atoms with van der Waals surface area (Å²) in [5, 5.41) is 10.4. The fourth-order valence-corrected chi connectivity index (χ4v) is 4.24. The molecule has 5 rings (SSSR count). The van der Waals surface area contributed by atoms with Gasteiger partial charge in [0.05, 0.1) is 12.2 Å². The van der Waals surface area contributed by atoms with E-state index in [4.69, 9.17) is 0 Å². The molecule has 0 aliphatic carbocycles. The topological polar surface area (TPSA) is 86.5 Å². The molecule has 2 aromatic carbocycles. The van der Waals surface area contributed by atoms with Crippen LogP contribution in [0.2, 0.25) is 0 Å². The van der Waals surface area contributed by atoms with Gasteiger partial charge in [-0.1, -0.05) is 35.9 Å². The monoisotopic (exact) mass is 429 g/mol. The van der Waals surface area contributed by atoms with Gasteiger partial charge in [-0.3, -0.25) is 22.9 Å². The molecule has 0 radical (unpaired) electrons. The van der Waals surface area contributed by atoms with E-state index in [0.717, 1.165) is 22.4 Å². The molecule has 5 aromatic rings. The average Bonchev–Trinajstić information content (AvgIpc) is 3.27.